The van der Waals surface area contributed by atoms with Crippen LogP contribution in [0.5, 0.6) is 0 Å². The minimum Gasteiger partial charge on any atom is -0.459 e. The molecule has 102 valence electrons. The zero-order chi connectivity index (χ0) is 14.3. The normalized spacial score (nSPS) is 12.8. The first-order valence-corrected chi connectivity index (χ1v) is 6.26. The fraction of sp³-hybridized carbons (Fsp3) is 0.125. The summed E-state index contributed by atoms with van der Waals surface area (Å²) < 4.78 is 32.8. The second kappa shape index (κ2) is 4.72. The molecule has 0 radical (unpaired) electrons. The number of rotatable bonds is 2. The lowest BCUT2D eigenvalue weighted by Crippen LogP contribution is -2.13. The van der Waals surface area contributed by atoms with Gasteiger partial charge in [0.05, 0.1) is 6.04 Å². The number of furan rings is 1. The highest BCUT2D eigenvalue weighted by Crippen LogP contribution is 2.29. The Hall–Kier alpha value is -2.20. The zero-order valence-corrected chi connectivity index (χ0v) is 10.9. The predicted molar refractivity (Wildman–Crippen MR) is 73.3 cm³/mol. The Balaban J connectivity index is 2.07. The number of aryl methyl sites for hydroxylation is 1. The molecular formula is C16H13F2NO. The van der Waals surface area contributed by atoms with E-state index in [0.29, 0.717) is 16.9 Å². The molecule has 0 spiro atoms. The molecule has 2 nitrogen and oxygen atoms in total. The minimum absolute atomic E-state index is 0.225. The van der Waals surface area contributed by atoms with Crippen molar-refractivity contribution in [1.82, 2.24) is 0 Å². The molecule has 0 amide bonds. The molecule has 2 aromatic carbocycles. The van der Waals surface area contributed by atoms with Crippen LogP contribution in [-0.4, -0.2) is 0 Å². The highest BCUT2D eigenvalue weighted by atomic mass is 19.1. The van der Waals surface area contributed by atoms with E-state index in [1.54, 1.807) is 13.0 Å². The number of halogens is 2. The standard InChI is InChI=1S/C16H13F2NO/c1-9-6-11(13(18)8-12(9)17)16(19)15-7-10-4-2-3-5-14(10)20-15/h2-8,16H,19H2,1H3. The topological polar surface area (TPSA) is 39.2 Å². The third kappa shape index (κ3) is 2.08. The minimum atomic E-state index is -0.762. The summed E-state index contributed by atoms with van der Waals surface area (Å²) in [6.45, 7) is 1.57. The van der Waals surface area contributed by atoms with Gasteiger partial charge in [-0.25, -0.2) is 8.78 Å². The fourth-order valence-corrected chi connectivity index (χ4v) is 2.23. The number of benzene rings is 2. The van der Waals surface area contributed by atoms with Gasteiger partial charge < -0.3 is 10.2 Å². The lowest BCUT2D eigenvalue weighted by molar-refractivity contribution is 0.505. The molecule has 1 aromatic heterocycles. The molecule has 0 saturated carbocycles. The van der Waals surface area contributed by atoms with Gasteiger partial charge in [-0.05, 0) is 30.7 Å². The quantitative estimate of drug-likeness (QED) is 0.764. The van der Waals surface area contributed by atoms with Gasteiger partial charge in [0.1, 0.15) is 23.0 Å². The number of para-hydroxylation sites is 1. The lowest BCUT2D eigenvalue weighted by atomic mass is 10.0. The molecule has 0 aliphatic carbocycles. The molecule has 4 heteroatoms. The second-order valence-corrected chi connectivity index (χ2v) is 4.79. The van der Waals surface area contributed by atoms with Crippen molar-refractivity contribution in [3.8, 4) is 0 Å². The van der Waals surface area contributed by atoms with Crippen LogP contribution in [0.2, 0.25) is 0 Å². The predicted octanol–water partition coefficient (Wildman–Crippen LogP) is 4.07. The van der Waals surface area contributed by atoms with E-state index < -0.39 is 17.7 Å². The number of fused-ring (bicyclic) bond motifs is 1. The Morgan fingerprint density at radius 3 is 2.55 bits per heavy atom. The molecular weight excluding hydrogens is 260 g/mol. The number of nitrogens with two attached hydrogens (primary N) is 1. The van der Waals surface area contributed by atoms with Crippen LogP contribution >= 0.6 is 0 Å². The monoisotopic (exact) mass is 273 g/mol. The largest absolute Gasteiger partial charge is 0.459 e. The third-order valence-electron chi connectivity index (χ3n) is 3.36. The van der Waals surface area contributed by atoms with Crippen molar-refractivity contribution in [3.05, 3.63) is 71.0 Å². The van der Waals surface area contributed by atoms with Crippen LogP contribution < -0.4 is 5.73 Å². The van der Waals surface area contributed by atoms with Crippen molar-refractivity contribution in [2.24, 2.45) is 5.73 Å². The molecule has 0 aliphatic rings. The Morgan fingerprint density at radius 1 is 1.05 bits per heavy atom. The van der Waals surface area contributed by atoms with E-state index in [9.17, 15) is 8.78 Å². The Bertz CT molecular complexity index is 746. The summed E-state index contributed by atoms with van der Waals surface area (Å²) in [5.74, 6) is -0.791. The maximum absolute atomic E-state index is 13.9. The van der Waals surface area contributed by atoms with E-state index in [4.69, 9.17) is 10.2 Å². The molecule has 0 aliphatic heterocycles. The SMILES string of the molecule is Cc1cc(C(N)c2cc3ccccc3o2)c(F)cc1F. The van der Waals surface area contributed by atoms with Gasteiger partial charge in [-0.15, -0.1) is 0 Å². The van der Waals surface area contributed by atoms with Crippen LogP contribution in [0, 0.1) is 18.6 Å². The van der Waals surface area contributed by atoms with E-state index in [0.717, 1.165) is 11.5 Å². The van der Waals surface area contributed by atoms with Crippen LogP contribution in [0.25, 0.3) is 11.0 Å². The number of hydrogen-bond acceptors (Lipinski definition) is 2. The Kier molecular flexibility index (Phi) is 3.03. The summed E-state index contributed by atoms with van der Waals surface area (Å²) in [5, 5.41) is 0.900. The first-order chi connectivity index (χ1) is 9.56. The van der Waals surface area contributed by atoms with Gasteiger partial charge in [-0.2, -0.15) is 0 Å². The van der Waals surface area contributed by atoms with Crippen LogP contribution in [0.15, 0.2) is 46.9 Å². The number of hydrogen-bond donors (Lipinski definition) is 1. The van der Waals surface area contributed by atoms with Gasteiger partial charge in [-0.3, -0.25) is 0 Å². The maximum atomic E-state index is 13.9. The van der Waals surface area contributed by atoms with Crippen molar-refractivity contribution in [2.45, 2.75) is 13.0 Å². The van der Waals surface area contributed by atoms with E-state index in [-0.39, 0.29) is 5.56 Å². The van der Waals surface area contributed by atoms with E-state index >= 15 is 0 Å². The van der Waals surface area contributed by atoms with Gasteiger partial charge in [-0.1, -0.05) is 18.2 Å². The smallest absolute Gasteiger partial charge is 0.134 e. The molecule has 1 atom stereocenters. The summed E-state index contributed by atoms with van der Waals surface area (Å²) in [7, 11) is 0. The highest BCUT2D eigenvalue weighted by molar-refractivity contribution is 5.77. The summed E-state index contributed by atoms with van der Waals surface area (Å²) in [4.78, 5) is 0. The van der Waals surface area contributed by atoms with Crippen molar-refractivity contribution in [3.63, 3.8) is 0 Å². The van der Waals surface area contributed by atoms with Crippen LogP contribution in [0.1, 0.15) is 22.9 Å². The molecule has 1 heterocycles. The Labute approximate surface area is 114 Å². The summed E-state index contributed by atoms with van der Waals surface area (Å²) in [6.07, 6.45) is 0. The average molecular weight is 273 g/mol. The average Bonchev–Trinajstić information content (AvgIpc) is 2.86. The molecule has 3 aromatic rings. The van der Waals surface area contributed by atoms with Crippen molar-refractivity contribution in [1.29, 1.82) is 0 Å². The van der Waals surface area contributed by atoms with Crippen molar-refractivity contribution in [2.75, 3.05) is 0 Å². The molecule has 2 N–H and O–H groups in total. The molecule has 1 unspecified atom stereocenters. The second-order valence-electron chi connectivity index (χ2n) is 4.79. The zero-order valence-electron chi connectivity index (χ0n) is 10.9. The third-order valence-corrected chi connectivity index (χ3v) is 3.36. The van der Waals surface area contributed by atoms with Gasteiger partial charge in [0.15, 0.2) is 0 Å². The maximum Gasteiger partial charge on any atom is 0.134 e. The van der Waals surface area contributed by atoms with Crippen LogP contribution in [-0.2, 0) is 0 Å². The first-order valence-electron chi connectivity index (χ1n) is 6.26. The van der Waals surface area contributed by atoms with E-state index in [1.165, 1.54) is 6.07 Å². The molecule has 0 bridgehead atoms. The van der Waals surface area contributed by atoms with Gasteiger partial charge in [0, 0.05) is 17.0 Å². The first kappa shape index (κ1) is 12.8. The summed E-state index contributed by atoms with van der Waals surface area (Å²) in [5.41, 5.74) is 7.32. The van der Waals surface area contributed by atoms with Gasteiger partial charge in [0.25, 0.3) is 0 Å². The van der Waals surface area contributed by atoms with E-state index in [1.807, 2.05) is 24.3 Å². The molecule has 3 rings (SSSR count). The van der Waals surface area contributed by atoms with E-state index in [2.05, 4.69) is 0 Å². The fourth-order valence-electron chi connectivity index (χ4n) is 2.23. The summed E-state index contributed by atoms with van der Waals surface area (Å²) in [6, 6.07) is 10.7. The van der Waals surface area contributed by atoms with Gasteiger partial charge in [0.2, 0.25) is 0 Å². The highest BCUT2D eigenvalue weighted by Gasteiger charge is 2.19. The lowest BCUT2D eigenvalue weighted by Gasteiger charge is -2.11. The Morgan fingerprint density at radius 2 is 1.80 bits per heavy atom. The van der Waals surface area contributed by atoms with Crippen molar-refractivity contribution >= 4 is 11.0 Å². The molecule has 0 fully saturated rings. The van der Waals surface area contributed by atoms with Crippen molar-refractivity contribution < 1.29 is 13.2 Å². The summed E-state index contributed by atoms with van der Waals surface area (Å²) >= 11 is 0. The van der Waals surface area contributed by atoms with Crippen LogP contribution in [0.3, 0.4) is 0 Å². The van der Waals surface area contributed by atoms with Gasteiger partial charge >= 0.3 is 0 Å². The van der Waals surface area contributed by atoms with Crippen LogP contribution in [0.4, 0.5) is 8.78 Å². The molecule has 20 heavy (non-hydrogen) atoms. The molecule has 0 saturated heterocycles.